The van der Waals surface area contributed by atoms with Crippen molar-refractivity contribution in [3.8, 4) is 5.75 Å². The molecule has 0 bridgehead atoms. The number of anilines is 1. The van der Waals surface area contributed by atoms with Crippen molar-refractivity contribution in [1.29, 1.82) is 0 Å². The van der Waals surface area contributed by atoms with Crippen LogP contribution in [0.4, 0.5) is 5.69 Å². The molecule has 0 heterocycles. The lowest BCUT2D eigenvalue weighted by Crippen LogP contribution is -2.09. The summed E-state index contributed by atoms with van der Waals surface area (Å²) in [5, 5.41) is 0. The molecule has 0 atom stereocenters. The van der Waals surface area contributed by atoms with E-state index in [9.17, 15) is 4.79 Å². The summed E-state index contributed by atoms with van der Waals surface area (Å²) < 4.78 is 0. The molecule has 0 N–H and O–H groups in total. The fourth-order valence-corrected chi connectivity index (χ4v) is 1.06. The highest BCUT2D eigenvalue weighted by atomic mass is 17.2. The Morgan fingerprint density at radius 2 is 2.07 bits per heavy atom. The van der Waals surface area contributed by atoms with Gasteiger partial charge in [-0.3, -0.25) is 4.79 Å². The monoisotopic (exact) mass is 195 g/mol. The average molecular weight is 195 g/mol. The molecular formula is C10H13NO3. The Hall–Kier alpha value is -1.55. The molecule has 0 unspecified atom stereocenters. The Bertz CT molecular complexity index is 323. The second-order valence-corrected chi connectivity index (χ2v) is 2.98. The Labute approximate surface area is 83.0 Å². The van der Waals surface area contributed by atoms with E-state index >= 15 is 0 Å². The predicted octanol–water partition coefficient (Wildman–Crippen LogP) is 1.51. The maximum absolute atomic E-state index is 10.6. The molecule has 1 rings (SSSR count). The van der Waals surface area contributed by atoms with E-state index in [1.165, 1.54) is 7.11 Å². The summed E-state index contributed by atoms with van der Waals surface area (Å²) in [5.41, 5.74) is 1.42. The third-order valence-electron chi connectivity index (χ3n) is 1.81. The molecule has 0 aliphatic carbocycles. The van der Waals surface area contributed by atoms with Gasteiger partial charge in [0.25, 0.3) is 0 Å². The van der Waals surface area contributed by atoms with Crippen LogP contribution in [-0.4, -0.2) is 27.5 Å². The van der Waals surface area contributed by atoms with Gasteiger partial charge < -0.3 is 9.79 Å². The number of carbonyl (C=O) groups excluding carboxylic acids is 1. The maximum atomic E-state index is 10.6. The molecule has 0 saturated carbocycles. The highest BCUT2D eigenvalue weighted by Crippen LogP contribution is 2.23. The third kappa shape index (κ3) is 2.23. The first-order chi connectivity index (χ1) is 6.69. The van der Waals surface area contributed by atoms with Crippen molar-refractivity contribution in [2.24, 2.45) is 0 Å². The van der Waals surface area contributed by atoms with Gasteiger partial charge in [0.1, 0.15) is 0 Å². The van der Waals surface area contributed by atoms with Crippen molar-refractivity contribution in [3.05, 3.63) is 23.8 Å². The van der Waals surface area contributed by atoms with E-state index < -0.39 is 0 Å². The Morgan fingerprint density at radius 3 is 2.57 bits per heavy atom. The number of rotatable bonds is 4. The highest BCUT2D eigenvalue weighted by molar-refractivity contribution is 5.80. The van der Waals surface area contributed by atoms with Crippen LogP contribution >= 0.6 is 0 Å². The first-order valence-electron chi connectivity index (χ1n) is 4.16. The van der Waals surface area contributed by atoms with E-state index in [0.717, 1.165) is 12.0 Å². The number of nitrogens with zero attached hydrogens (tertiary/aromatic N) is 1. The third-order valence-corrected chi connectivity index (χ3v) is 1.81. The summed E-state index contributed by atoms with van der Waals surface area (Å²) in [6.45, 7) is 0. The van der Waals surface area contributed by atoms with Crippen molar-refractivity contribution in [1.82, 2.24) is 0 Å². The topological polar surface area (TPSA) is 38.8 Å². The van der Waals surface area contributed by atoms with Gasteiger partial charge in [0.2, 0.25) is 0 Å². The Morgan fingerprint density at radius 1 is 1.36 bits per heavy atom. The molecule has 0 radical (unpaired) electrons. The lowest BCUT2D eigenvalue weighted by Gasteiger charge is -2.13. The normalized spacial score (nSPS) is 9.64. The molecule has 4 nitrogen and oxygen atoms in total. The second-order valence-electron chi connectivity index (χ2n) is 2.98. The van der Waals surface area contributed by atoms with Gasteiger partial charge >= 0.3 is 0 Å². The largest absolute Gasteiger partial charge is 0.378 e. The summed E-state index contributed by atoms with van der Waals surface area (Å²) in [5.74, 6) is 0.425. The van der Waals surface area contributed by atoms with Gasteiger partial charge in [-0.05, 0) is 12.1 Å². The van der Waals surface area contributed by atoms with Gasteiger partial charge in [0.05, 0.1) is 12.7 Å². The van der Waals surface area contributed by atoms with Crippen LogP contribution in [0, 0.1) is 0 Å². The minimum absolute atomic E-state index is 0.425. The fraction of sp³-hybridized carbons (Fsp3) is 0.300. The van der Waals surface area contributed by atoms with E-state index in [2.05, 4.69) is 4.89 Å². The molecule has 0 saturated heterocycles. The van der Waals surface area contributed by atoms with E-state index in [4.69, 9.17) is 4.89 Å². The number of hydrogen-bond donors (Lipinski definition) is 0. The average Bonchev–Trinajstić information content (AvgIpc) is 2.18. The van der Waals surface area contributed by atoms with E-state index in [0.29, 0.717) is 11.3 Å². The van der Waals surface area contributed by atoms with Gasteiger partial charge in [0.15, 0.2) is 12.0 Å². The van der Waals surface area contributed by atoms with Crippen LogP contribution in [0.1, 0.15) is 10.4 Å². The molecule has 1 aromatic carbocycles. The molecule has 0 aromatic heterocycles. The fourth-order valence-electron chi connectivity index (χ4n) is 1.06. The first kappa shape index (κ1) is 10.5. The van der Waals surface area contributed by atoms with Crippen LogP contribution in [0.5, 0.6) is 5.75 Å². The number of carbonyl (C=O) groups is 1. The van der Waals surface area contributed by atoms with Gasteiger partial charge in [-0.1, -0.05) is 0 Å². The Balaban J connectivity index is 3.06. The molecule has 14 heavy (non-hydrogen) atoms. The van der Waals surface area contributed by atoms with Crippen molar-refractivity contribution in [2.45, 2.75) is 0 Å². The molecule has 0 aliphatic heterocycles. The first-order valence-corrected chi connectivity index (χ1v) is 4.16. The zero-order valence-electron chi connectivity index (χ0n) is 8.48. The van der Waals surface area contributed by atoms with Crippen LogP contribution in [0.3, 0.4) is 0 Å². The quantitative estimate of drug-likeness (QED) is 0.414. The van der Waals surface area contributed by atoms with Gasteiger partial charge in [-0.15, -0.1) is 0 Å². The minimum Gasteiger partial charge on any atom is -0.378 e. The lowest BCUT2D eigenvalue weighted by molar-refractivity contribution is -0.178. The molecule has 1 aromatic rings. The highest BCUT2D eigenvalue weighted by Gasteiger charge is 2.06. The molecule has 76 valence electrons. The number of benzene rings is 1. The summed E-state index contributed by atoms with van der Waals surface area (Å²) in [4.78, 5) is 21.9. The van der Waals surface area contributed by atoms with Crippen molar-refractivity contribution in [3.63, 3.8) is 0 Å². The van der Waals surface area contributed by atoms with Crippen LogP contribution in [0.2, 0.25) is 0 Å². The molecular weight excluding hydrogens is 182 g/mol. The van der Waals surface area contributed by atoms with E-state index in [1.807, 2.05) is 25.1 Å². The summed E-state index contributed by atoms with van der Waals surface area (Å²) in [6.07, 6.45) is 0.730. The Kier molecular flexibility index (Phi) is 3.48. The zero-order valence-corrected chi connectivity index (χ0v) is 8.48. The number of aldehydes is 1. The summed E-state index contributed by atoms with van der Waals surface area (Å²) in [7, 11) is 5.22. The summed E-state index contributed by atoms with van der Waals surface area (Å²) in [6, 6.07) is 5.27. The van der Waals surface area contributed by atoms with Crippen LogP contribution < -0.4 is 9.79 Å². The zero-order chi connectivity index (χ0) is 10.6. The standard InChI is InChI=1S/C10H13NO3/c1-11(2)9-5-4-8(7-12)10(6-9)14-13-3/h4-7H,1-3H3. The minimum atomic E-state index is 0.425. The predicted molar refractivity (Wildman–Crippen MR) is 53.8 cm³/mol. The van der Waals surface area contributed by atoms with Crippen LogP contribution in [0.25, 0.3) is 0 Å². The SMILES string of the molecule is COOc1cc(N(C)C)ccc1C=O. The van der Waals surface area contributed by atoms with Gasteiger partial charge in [0, 0.05) is 25.8 Å². The van der Waals surface area contributed by atoms with Gasteiger partial charge in [-0.25, -0.2) is 0 Å². The lowest BCUT2D eigenvalue weighted by atomic mass is 10.2. The molecule has 0 spiro atoms. The second kappa shape index (κ2) is 4.62. The van der Waals surface area contributed by atoms with Crippen molar-refractivity contribution in [2.75, 3.05) is 26.1 Å². The van der Waals surface area contributed by atoms with Gasteiger partial charge in [-0.2, -0.15) is 4.89 Å². The van der Waals surface area contributed by atoms with E-state index in [1.54, 1.807) is 12.1 Å². The van der Waals surface area contributed by atoms with E-state index in [-0.39, 0.29) is 0 Å². The molecule has 0 fully saturated rings. The molecule has 4 heteroatoms. The number of hydrogen-bond acceptors (Lipinski definition) is 4. The van der Waals surface area contributed by atoms with Crippen molar-refractivity contribution < 1.29 is 14.6 Å². The van der Waals surface area contributed by atoms with Crippen LogP contribution in [0.15, 0.2) is 18.2 Å². The maximum Gasteiger partial charge on any atom is 0.177 e. The van der Waals surface area contributed by atoms with Crippen LogP contribution in [-0.2, 0) is 4.89 Å². The smallest absolute Gasteiger partial charge is 0.177 e. The molecule has 0 amide bonds. The van der Waals surface area contributed by atoms with Crippen molar-refractivity contribution >= 4 is 12.0 Å². The summed E-state index contributed by atoms with van der Waals surface area (Å²) >= 11 is 0. The molecule has 0 aliphatic rings.